The maximum absolute atomic E-state index is 15.1. The third-order valence-electron chi connectivity index (χ3n) is 4.71. The number of allylic oxidation sites excluding steroid dienone is 1. The minimum absolute atomic E-state index is 0.413. The van der Waals surface area contributed by atoms with Crippen LogP contribution in [-0.2, 0) is 9.31 Å². The van der Waals surface area contributed by atoms with E-state index >= 15 is 4.39 Å². The summed E-state index contributed by atoms with van der Waals surface area (Å²) in [4.78, 5) is 0. The van der Waals surface area contributed by atoms with Gasteiger partial charge in [-0.05, 0) is 53.2 Å². The van der Waals surface area contributed by atoms with Crippen LogP contribution in [-0.4, -0.2) is 32.0 Å². The Bertz CT molecular complexity index is 624. The second kappa shape index (κ2) is 6.77. The molecule has 0 N–H and O–H groups in total. The van der Waals surface area contributed by atoms with Crippen LogP contribution in [0.25, 0.3) is 5.57 Å². The molecule has 132 valence electrons. The summed E-state index contributed by atoms with van der Waals surface area (Å²) >= 11 is 0. The molecular formula is C18H26BFO4. The molecule has 0 aromatic heterocycles. The average molecular weight is 336 g/mol. The normalized spacial score (nSPS) is 19.9. The van der Waals surface area contributed by atoms with Gasteiger partial charge in [-0.1, -0.05) is 12.1 Å². The molecule has 0 aliphatic carbocycles. The van der Waals surface area contributed by atoms with E-state index < -0.39 is 24.0 Å². The number of methoxy groups -OCH3 is 1. The minimum atomic E-state index is -1.03. The summed E-state index contributed by atoms with van der Waals surface area (Å²) < 4.78 is 37.7. The minimum Gasteiger partial charge on any atom is -0.493 e. The van der Waals surface area contributed by atoms with Gasteiger partial charge in [0.1, 0.15) is 5.73 Å². The molecule has 0 saturated carbocycles. The summed E-state index contributed by atoms with van der Waals surface area (Å²) in [6.07, 6.45) is 0. The fraction of sp³-hybridized carbons (Fsp3) is 0.556. The van der Waals surface area contributed by atoms with Crippen molar-refractivity contribution in [2.75, 3.05) is 13.7 Å². The topological polar surface area (TPSA) is 36.9 Å². The Morgan fingerprint density at radius 1 is 1.17 bits per heavy atom. The van der Waals surface area contributed by atoms with Gasteiger partial charge in [-0.15, -0.1) is 0 Å². The average Bonchev–Trinajstić information content (AvgIpc) is 2.74. The first-order valence-corrected chi connectivity index (χ1v) is 8.16. The smallest absolute Gasteiger partial charge is 0.493 e. The molecule has 0 unspecified atom stereocenters. The molecule has 0 radical (unpaired) electrons. The molecule has 0 spiro atoms. The second-order valence-electron chi connectivity index (χ2n) is 6.83. The summed E-state index contributed by atoms with van der Waals surface area (Å²) in [6.45, 7) is 11.6. The number of ether oxygens (including phenoxy) is 2. The Balaban J connectivity index is 2.44. The van der Waals surface area contributed by atoms with E-state index in [2.05, 4.69) is 0 Å². The number of rotatable bonds is 5. The van der Waals surface area contributed by atoms with E-state index in [1.807, 2.05) is 34.6 Å². The third kappa shape index (κ3) is 3.30. The quantitative estimate of drug-likeness (QED) is 0.746. The van der Waals surface area contributed by atoms with Crippen LogP contribution in [0.2, 0.25) is 0 Å². The number of para-hydroxylation sites is 1. The fourth-order valence-electron chi connectivity index (χ4n) is 2.52. The van der Waals surface area contributed by atoms with E-state index in [9.17, 15) is 0 Å². The molecule has 1 saturated heterocycles. The van der Waals surface area contributed by atoms with Gasteiger partial charge in [0.2, 0.25) is 0 Å². The van der Waals surface area contributed by atoms with Gasteiger partial charge in [-0.25, -0.2) is 4.39 Å². The Hall–Kier alpha value is -1.53. The lowest BCUT2D eigenvalue weighted by molar-refractivity contribution is 0.00578. The zero-order valence-electron chi connectivity index (χ0n) is 15.5. The monoisotopic (exact) mass is 336 g/mol. The Morgan fingerprint density at radius 3 is 2.25 bits per heavy atom. The van der Waals surface area contributed by atoms with Crippen molar-refractivity contribution in [1.82, 2.24) is 0 Å². The predicted molar refractivity (Wildman–Crippen MR) is 93.9 cm³/mol. The largest absolute Gasteiger partial charge is 0.525 e. The first-order valence-electron chi connectivity index (χ1n) is 8.16. The Labute approximate surface area is 144 Å². The standard InChI is InChI=1S/C18H26BFO4/c1-8-22-15-13(10-9-11-14(15)21-7)12(2)16(20)19-23-17(3,4)18(5,6)24-19/h9-11H,8H2,1-7H3. The molecule has 0 amide bonds. The van der Waals surface area contributed by atoms with Crippen LogP contribution in [0.15, 0.2) is 23.9 Å². The van der Waals surface area contributed by atoms with Crippen molar-refractivity contribution < 1.29 is 23.2 Å². The van der Waals surface area contributed by atoms with Crippen LogP contribution in [0.5, 0.6) is 11.5 Å². The van der Waals surface area contributed by atoms with Crippen molar-refractivity contribution in [2.45, 2.75) is 52.7 Å². The van der Waals surface area contributed by atoms with E-state index in [0.29, 0.717) is 29.2 Å². The van der Waals surface area contributed by atoms with Crippen molar-refractivity contribution in [3.05, 3.63) is 29.5 Å². The highest BCUT2D eigenvalue weighted by atomic mass is 19.1. The maximum Gasteiger partial charge on any atom is 0.525 e. The number of hydrogen-bond acceptors (Lipinski definition) is 4. The van der Waals surface area contributed by atoms with Crippen molar-refractivity contribution in [3.63, 3.8) is 0 Å². The molecule has 0 bridgehead atoms. The molecule has 2 rings (SSSR count). The summed E-state index contributed by atoms with van der Waals surface area (Å²) in [7, 11) is 0.529. The first-order chi connectivity index (χ1) is 11.1. The van der Waals surface area contributed by atoms with Crippen molar-refractivity contribution in [1.29, 1.82) is 0 Å². The molecular weight excluding hydrogens is 310 g/mol. The lowest BCUT2D eigenvalue weighted by Crippen LogP contribution is -2.41. The third-order valence-corrected chi connectivity index (χ3v) is 4.71. The highest BCUT2D eigenvalue weighted by Gasteiger charge is 2.53. The first kappa shape index (κ1) is 18.8. The summed E-state index contributed by atoms with van der Waals surface area (Å²) in [5.41, 5.74) is -0.596. The van der Waals surface area contributed by atoms with Gasteiger partial charge < -0.3 is 18.8 Å². The Kier molecular flexibility index (Phi) is 5.30. The summed E-state index contributed by atoms with van der Waals surface area (Å²) in [5.74, 6) is 1.09. The van der Waals surface area contributed by atoms with E-state index in [-0.39, 0.29) is 0 Å². The molecule has 1 aliphatic rings. The van der Waals surface area contributed by atoms with E-state index in [1.165, 1.54) is 0 Å². The van der Waals surface area contributed by atoms with Crippen LogP contribution in [0.4, 0.5) is 4.39 Å². The molecule has 1 aromatic rings. The molecule has 1 aromatic carbocycles. The van der Waals surface area contributed by atoms with Gasteiger partial charge in [-0.2, -0.15) is 0 Å². The van der Waals surface area contributed by atoms with Crippen LogP contribution < -0.4 is 9.47 Å². The van der Waals surface area contributed by atoms with Gasteiger partial charge >= 0.3 is 7.12 Å². The van der Waals surface area contributed by atoms with Gasteiger partial charge in [0.15, 0.2) is 11.5 Å². The SMILES string of the molecule is CCOc1c(OC)cccc1C(C)=C(F)B1OC(C)(C)C(C)(C)O1. The molecule has 4 nitrogen and oxygen atoms in total. The van der Waals surface area contributed by atoms with E-state index in [4.69, 9.17) is 18.8 Å². The van der Waals surface area contributed by atoms with Gasteiger partial charge in [0.05, 0.1) is 24.9 Å². The van der Waals surface area contributed by atoms with Gasteiger partial charge in [0, 0.05) is 5.56 Å². The van der Waals surface area contributed by atoms with Crippen molar-refractivity contribution in [3.8, 4) is 11.5 Å². The van der Waals surface area contributed by atoms with Crippen LogP contribution in [0.3, 0.4) is 0 Å². The zero-order valence-corrected chi connectivity index (χ0v) is 15.5. The van der Waals surface area contributed by atoms with Gasteiger partial charge in [-0.3, -0.25) is 0 Å². The molecule has 1 aliphatic heterocycles. The summed E-state index contributed by atoms with van der Waals surface area (Å²) in [6, 6.07) is 5.39. The lowest BCUT2D eigenvalue weighted by Gasteiger charge is -2.32. The van der Waals surface area contributed by atoms with Crippen LogP contribution in [0, 0.1) is 0 Å². The predicted octanol–water partition coefficient (Wildman–Crippen LogP) is 4.43. The van der Waals surface area contributed by atoms with Crippen LogP contribution in [0.1, 0.15) is 47.1 Å². The number of hydrogen-bond donors (Lipinski definition) is 0. The maximum atomic E-state index is 15.1. The van der Waals surface area contributed by atoms with Crippen LogP contribution >= 0.6 is 0 Å². The number of benzene rings is 1. The second-order valence-corrected chi connectivity index (χ2v) is 6.83. The molecule has 1 heterocycles. The lowest BCUT2D eigenvalue weighted by atomic mass is 9.83. The molecule has 1 fully saturated rings. The zero-order chi connectivity index (χ0) is 18.1. The number of halogens is 1. The van der Waals surface area contributed by atoms with E-state index in [1.54, 1.807) is 32.2 Å². The Morgan fingerprint density at radius 2 is 1.75 bits per heavy atom. The molecule has 6 heteroatoms. The highest BCUT2D eigenvalue weighted by Crippen LogP contribution is 2.42. The van der Waals surface area contributed by atoms with E-state index in [0.717, 1.165) is 0 Å². The van der Waals surface area contributed by atoms with Crippen molar-refractivity contribution >= 4 is 12.7 Å². The molecule has 0 atom stereocenters. The van der Waals surface area contributed by atoms with Gasteiger partial charge in [0.25, 0.3) is 0 Å². The summed E-state index contributed by atoms with van der Waals surface area (Å²) in [5, 5.41) is 0. The fourth-order valence-corrected chi connectivity index (χ4v) is 2.52. The molecule has 24 heavy (non-hydrogen) atoms. The van der Waals surface area contributed by atoms with Crippen molar-refractivity contribution in [2.24, 2.45) is 0 Å². The highest BCUT2D eigenvalue weighted by molar-refractivity contribution is 6.55.